The molecule has 0 heterocycles. The zero-order valence-electron chi connectivity index (χ0n) is 8.13. The van der Waals surface area contributed by atoms with Gasteiger partial charge < -0.3 is 5.32 Å². The second kappa shape index (κ2) is 4.77. The van der Waals surface area contributed by atoms with Crippen LogP contribution >= 0.6 is 0 Å². The molecule has 1 aromatic rings. The van der Waals surface area contributed by atoms with Crippen LogP contribution in [-0.2, 0) is 11.3 Å². The number of aryl methyl sites for hydroxylation is 1. The number of Topliss-reactive ketones (excluding diaryl/α,β-unsaturated/α-hetero) is 1. The van der Waals surface area contributed by atoms with Gasteiger partial charge in [0.25, 0.3) is 0 Å². The Morgan fingerprint density at radius 3 is 2.69 bits per heavy atom. The molecule has 1 N–H and O–H groups in total. The number of carbonyl (C=O) groups excluding carboxylic acids is 1. The van der Waals surface area contributed by atoms with Crippen molar-refractivity contribution in [2.75, 3.05) is 6.54 Å². The van der Waals surface area contributed by atoms with Gasteiger partial charge in [0.1, 0.15) is 5.78 Å². The summed E-state index contributed by atoms with van der Waals surface area (Å²) in [6.45, 7) is 4.89. The van der Waals surface area contributed by atoms with E-state index in [-0.39, 0.29) is 5.78 Å². The van der Waals surface area contributed by atoms with Crippen molar-refractivity contribution in [1.82, 2.24) is 5.32 Å². The summed E-state index contributed by atoms with van der Waals surface area (Å²) < 4.78 is 0. The lowest BCUT2D eigenvalue weighted by molar-refractivity contribution is -0.116. The molecule has 2 heteroatoms. The van der Waals surface area contributed by atoms with E-state index < -0.39 is 0 Å². The fraction of sp³-hybridized carbons (Fsp3) is 0.364. The molecule has 1 aromatic carbocycles. The number of ketones is 1. The topological polar surface area (TPSA) is 29.1 Å². The van der Waals surface area contributed by atoms with Crippen LogP contribution in [0.5, 0.6) is 0 Å². The first-order valence-electron chi connectivity index (χ1n) is 4.45. The largest absolute Gasteiger partial charge is 0.306 e. The van der Waals surface area contributed by atoms with Crippen molar-refractivity contribution in [1.29, 1.82) is 0 Å². The summed E-state index contributed by atoms with van der Waals surface area (Å²) in [6.07, 6.45) is 0. The van der Waals surface area contributed by atoms with Crippen molar-refractivity contribution in [2.45, 2.75) is 20.4 Å². The van der Waals surface area contributed by atoms with Gasteiger partial charge in [-0.25, -0.2) is 0 Å². The van der Waals surface area contributed by atoms with Gasteiger partial charge in [-0.2, -0.15) is 0 Å². The summed E-state index contributed by atoms with van der Waals surface area (Å²) in [5.74, 6) is 0.175. The summed E-state index contributed by atoms with van der Waals surface area (Å²) in [6, 6.07) is 8.18. The second-order valence-electron chi connectivity index (χ2n) is 3.23. The average Bonchev–Trinajstić information content (AvgIpc) is 2.08. The van der Waals surface area contributed by atoms with Gasteiger partial charge in [0.15, 0.2) is 0 Å². The third-order valence-corrected chi connectivity index (χ3v) is 1.95. The van der Waals surface area contributed by atoms with Crippen LogP contribution in [0.1, 0.15) is 18.1 Å². The van der Waals surface area contributed by atoms with E-state index in [0.717, 1.165) is 6.54 Å². The summed E-state index contributed by atoms with van der Waals surface area (Å²) in [5.41, 5.74) is 2.52. The smallest absolute Gasteiger partial charge is 0.143 e. The Morgan fingerprint density at radius 2 is 2.08 bits per heavy atom. The highest BCUT2D eigenvalue weighted by Crippen LogP contribution is 2.05. The molecule has 1 rings (SSSR count). The second-order valence-corrected chi connectivity index (χ2v) is 3.23. The lowest BCUT2D eigenvalue weighted by Gasteiger charge is -2.05. The van der Waals surface area contributed by atoms with Crippen LogP contribution in [0.3, 0.4) is 0 Å². The van der Waals surface area contributed by atoms with E-state index in [0.29, 0.717) is 6.54 Å². The van der Waals surface area contributed by atoms with E-state index in [1.54, 1.807) is 6.92 Å². The minimum atomic E-state index is 0.175. The van der Waals surface area contributed by atoms with Gasteiger partial charge in [0, 0.05) is 6.54 Å². The van der Waals surface area contributed by atoms with E-state index in [1.165, 1.54) is 11.1 Å². The Balaban J connectivity index is 2.45. The van der Waals surface area contributed by atoms with Crippen LogP contribution in [0.4, 0.5) is 0 Å². The molecule has 13 heavy (non-hydrogen) atoms. The molecular weight excluding hydrogens is 162 g/mol. The van der Waals surface area contributed by atoms with Gasteiger partial charge >= 0.3 is 0 Å². The van der Waals surface area contributed by atoms with Crippen LogP contribution < -0.4 is 5.32 Å². The van der Waals surface area contributed by atoms with Crippen molar-refractivity contribution < 1.29 is 4.79 Å². The Labute approximate surface area is 79.0 Å². The molecule has 70 valence electrons. The Kier molecular flexibility index (Phi) is 3.65. The molecule has 0 atom stereocenters. The molecule has 0 aliphatic rings. The minimum absolute atomic E-state index is 0.175. The summed E-state index contributed by atoms with van der Waals surface area (Å²) in [7, 11) is 0. The highest BCUT2D eigenvalue weighted by molar-refractivity contribution is 5.77. The third kappa shape index (κ3) is 3.38. The van der Waals surface area contributed by atoms with Crippen molar-refractivity contribution in [3.8, 4) is 0 Å². The van der Waals surface area contributed by atoms with E-state index in [4.69, 9.17) is 0 Å². The summed E-state index contributed by atoms with van der Waals surface area (Å²) in [5, 5.41) is 3.09. The highest BCUT2D eigenvalue weighted by atomic mass is 16.1. The van der Waals surface area contributed by atoms with Crippen LogP contribution in [0.2, 0.25) is 0 Å². The first-order valence-corrected chi connectivity index (χ1v) is 4.45. The van der Waals surface area contributed by atoms with Crippen molar-refractivity contribution >= 4 is 5.78 Å². The predicted octanol–water partition coefficient (Wildman–Crippen LogP) is 1.67. The SMILES string of the molecule is CC(=O)CNCc1ccccc1C. The van der Waals surface area contributed by atoms with E-state index in [2.05, 4.69) is 24.4 Å². The minimum Gasteiger partial charge on any atom is -0.306 e. The first kappa shape index (κ1) is 9.93. The van der Waals surface area contributed by atoms with Gasteiger partial charge in [-0.05, 0) is 25.0 Å². The maximum Gasteiger partial charge on any atom is 0.143 e. The number of carbonyl (C=O) groups is 1. The Bertz CT molecular complexity index is 294. The molecule has 0 aromatic heterocycles. The van der Waals surface area contributed by atoms with Gasteiger partial charge in [-0.3, -0.25) is 4.79 Å². The Hall–Kier alpha value is -1.15. The van der Waals surface area contributed by atoms with Crippen LogP contribution in [-0.4, -0.2) is 12.3 Å². The van der Waals surface area contributed by atoms with Crippen LogP contribution in [0.25, 0.3) is 0 Å². The molecule has 0 aliphatic heterocycles. The maximum absolute atomic E-state index is 10.7. The molecule has 0 saturated heterocycles. The quantitative estimate of drug-likeness (QED) is 0.758. The van der Waals surface area contributed by atoms with Crippen molar-refractivity contribution in [3.63, 3.8) is 0 Å². The predicted molar refractivity (Wildman–Crippen MR) is 53.6 cm³/mol. The van der Waals surface area contributed by atoms with Gasteiger partial charge in [-0.15, -0.1) is 0 Å². The molecular formula is C11H15NO. The summed E-state index contributed by atoms with van der Waals surface area (Å²) >= 11 is 0. The van der Waals surface area contributed by atoms with Crippen LogP contribution in [0, 0.1) is 6.92 Å². The normalized spacial score (nSPS) is 10.0. The monoisotopic (exact) mass is 177 g/mol. The lowest BCUT2D eigenvalue weighted by Crippen LogP contribution is -2.20. The number of hydrogen-bond acceptors (Lipinski definition) is 2. The van der Waals surface area contributed by atoms with E-state index in [9.17, 15) is 4.79 Å². The first-order chi connectivity index (χ1) is 6.20. The molecule has 0 bridgehead atoms. The van der Waals surface area contributed by atoms with Gasteiger partial charge in [0.2, 0.25) is 0 Å². The maximum atomic E-state index is 10.7. The lowest BCUT2D eigenvalue weighted by atomic mass is 10.1. The molecule has 0 spiro atoms. The zero-order chi connectivity index (χ0) is 9.68. The molecule has 0 unspecified atom stereocenters. The molecule has 0 aliphatic carbocycles. The van der Waals surface area contributed by atoms with E-state index in [1.807, 2.05) is 12.1 Å². The molecule has 0 fully saturated rings. The number of rotatable bonds is 4. The molecule has 0 radical (unpaired) electrons. The highest BCUT2D eigenvalue weighted by Gasteiger charge is 1.96. The Morgan fingerprint density at radius 1 is 1.38 bits per heavy atom. The fourth-order valence-electron chi connectivity index (χ4n) is 1.18. The number of benzene rings is 1. The molecule has 0 saturated carbocycles. The van der Waals surface area contributed by atoms with Crippen molar-refractivity contribution in [3.05, 3.63) is 35.4 Å². The van der Waals surface area contributed by atoms with E-state index >= 15 is 0 Å². The average molecular weight is 177 g/mol. The zero-order valence-corrected chi connectivity index (χ0v) is 8.13. The standard InChI is InChI=1S/C11H15NO/c1-9-5-3-4-6-11(9)8-12-7-10(2)13/h3-6,12H,7-8H2,1-2H3. The molecule has 0 amide bonds. The van der Waals surface area contributed by atoms with Crippen LogP contribution in [0.15, 0.2) is 24.3 Å². The third-order valence-electron chi connectivity index (χ3n) is 1.95. The fourth-order valence-corrected chi connectivity index (χ4v) is 1.18. The number of nitrogens with one attached hydrogen (secondary N) is 1. The van der Waals surface area contributed by atoms with Crippen molar-refractivity contribution in [2.24, 2.45) is 0 Å². The molecule has 2 nitrogen and oxygen atoms in total. The summed E-state index contributed by atoms with van der Waals surface area (Å²) in [4.78, 5) is 10.7. The van der Waals surface area contributed by atoms with Gasteiger partial charge in [-0.1, -0.05) is 24.3 Å². The van der Waals surface area contributed by atoms with Gasteiger partial charge in [0.05, 0.1) is 6.54 Å². The number of hydrogen-bond donors (Lipinski definition) is 1.